The lowest BCUT2D eigenvalue weighted by atomic mass is 9.85. The zero-order valence-corrected chi connectivity index (χ0v) is 13.1. The van der Waals surface area contributed by atoms with Crippen molar-refractivity contribution < 1.29 is 14.3 Å². The number of rotatable bonds is 4. The van der Waals surface area contributed by atoms with Gasteiger partial charge in [0.25, 0.3) is 0 Å². The lowest BCUT2D eigenvalue weighted by molar-refractivity contribution is -0.0272. The molecule has 22 heavy (non-hydrogen) atoms. The quantitative estimate of drug-likeness (QED) is 0.815. The van der Waals surface area contributed by atoms with E-state index in [1.54, 1.807) is 18.6 Å². The number of imidazole rings is 1. The average molecular weight is 300 g/mol. The Morgan fingerprint density at radius 1 is 1.36 bits per heavy atom. The molecule has 1 unspecified atom stereocenters. The molecule has 1 aromatic carbocycles. The highest BCUT2D eigenvalue weighted by Crippen LogP contribution is 2.40. The van der Waals surface area contributed by atoms with Gasteiger partial charge in [-0.1, -0.05) is 18.2 Å². The van der Waals surface area contributed by atoms with Crippen molar-refractivity contribution in [3.63, 3.8) is 0 Å². The molecular formula is C17H20N2O3. The first-order chi connectivity index (χ1) is 10.5. The zero-order valence-electron chi connectivity index (χ0n) is 13.1. The number of carbonyl (C=O) groups excluding carboxylic acids is 1. The van der Waals surface area contributed by atoms with Gasteiger partial charge in [0, 0.05) is 6.61 Å². The van der Waals surface area contributed by atoms with Crippen LogP contribution in [0.2, 0.25) is 0 Å². The van der Waals surface area contributed by atoms with Crippen LogP contribution in [0.4, 0.5) is 0 Å². The Bertz CT molecular complexity index is 691. The van der Waals surface area contributed by atoms with Crippen molar-refractivity contribution in [1.82, 2.24) is 9.55 Å². The molecule has 2 heterocycles. The third-order valence-corrected chi connectivity index (χ3v) is 3.97. The molecule has 5 nitrogen and oxygen atoms in total. The maximum absolute atomic E-state index is 12.2. The van der Waals surface area contributed by atoms with Crippen LogP contribution in [0.25, 0.3) is 0 Å². The first kappa shape index (κ1) is 14.8. The van der Waals surface area contributed by atoms with E-state index in [1.165, 1.54) is 0 Å². The fourth-order valence-electron chi connectivity index (χ4n) is 3.01. The van der Waals surface area contributed by atoms with E-state index in [4.69, 9.17) is 9.47 Å². The molecule has 1 aliphatic heterocycles. The van der Waals surface area contributed by atoms with Crippen molar-refractivity contribution in [1.29, 1.82) is 0 Å². The number of carbonyl (C=O) groups is 1. The predicted molar refractivity (Wildman–Crippen MR) is 81.6 cm³/mol. The minimum Gasteiger partial charge on any atom is -0.453 e. The van der Waals surface area contributed by atoms with Crippen LogP contribution in [0.3, 0.4) is 0 Å². The van der Waals surface area contributed by atoms with Crippen molar-refractivity contribution in [2.24, 2.45) is 0 Å². The molecule has 0 aliphatic carbocycles. The van der Waals surface area contributed by atoms with Crippen molar-refractivity contribution in [2.45, 2.75) is 39.0 Å². The summed E-state index contributed by atoms with van der Waals surface area (Å²) in [5.74, 6) is -0.275. The number of cyclic esters (lactones) is 1. The second-order valence-corrected chi connectivity index (χ2v) is 5.91. The summed E-state index contributed by atoms with van der Waals surface area (Å²) in [5, 5.41) is 0. The number of fused-ring (bicyclic) bond motifs is 1. The standard InChI is InChI=1S/C17H20N2O3/c1-4-21-10-12-9-18-11-19(12)15-13-7-5-6-8-14(13)16(20)22-17(15,2)3/h5-9,11,15H,4,10H2,1-3H3. The molecule has 0 spiro atoms. The van der Waals surface area contributed by atoms with Crippen LogP contribution >= 0.6 is 0 Å². The summed E-state index contributed by atoms with van der Waals surface area (Å²) >= 11 is 0. The summed E-state index contributed by atoms with van der Waals surface area (Å²) in [6.07, 6.45) is 3.57. The maximum Gasteiger partial charge on any atom is 0.339 e. The van der Waals surface area contributed by atoms with E-state index in [-0.39, 0.29) is 12.0 Å². The van der Waals surface area contributed by atoms with Gasteiger partial charge in [-0.15, -0.1) is 0 Å². The molecule has 0 saturated carbocycles. The van der Waals surface area contributed by atoms with E-state index in [0.717, 1.165) is 11.3 Å². The Morgan fingerprint density at radius 3 is 2.91 bits per heavy atom. The van der Waals surface area contributed by atoms with E-state index in [2.05, 4.69) is 4.98 Å². The topological polar surface area (TPSA) is 53.4 Å². The lowest BCUT2D eigenvalue weighted by Gasteiger charge is -2.40. The number of esters is 1. The first-order valence-electron chi connectivity index (χ1n) is 7.45. The number of benzene rings is 1. The van der Waals surface area contributed by atoms with E-state index >= 15 is 0 Å². The van der Waals surface area contributed by atoms with Gasteiger partial charge in [0.1, 0.15) is 5.60 Å². The number of hydrogen-bond donors (Lipinski definition) is 0. The number of hydrogen-bond acceptors (Lipinski definition) is 4. The normalized spacial score (nSPS) is 19.6. The third-order valence-electron chi connectivity index (χ3n) is 3.97. The van der Waals surface area contributed by atoms with Gasteiger partial charge < -0.3 is 14.0 Å². The minimum atomic E-state index is -0.660. The predicted octanol–water partition coefficient (Wildman–Crippen LogP) is 2.96. The smallest absolute Gasteiger partial charge is 0.339 e. The number of nitrogens with zero attached hydrogens (tertiary/aromatic N) is 2. The van der Waals surface area contributed by atoms with Crippen LogP contribution in [0.15, 0.2) is 36.8 Å². The van der Waals surface area contributed by atoms with E-state index < -0.39 is 5.60 Å². The molecule has 5 heteroatoms. The fraction of sp³-hybridized carbons (Fsp3) is 0.412. The highest BCUT2D eigenvalue weighted by atomic mass is 16.6. The SMILES string of the molecule is CCOCc1cncn1C1c2ccccc2C(=O)OC1(C)C. The van der Waals surface area contributed by atoms with Gasteiger partial charge in [-0.05, 0) is 32.4 Å². The Balaban J connectivity index is 2.10. The number of ether oxygens (including phenoxy) is 2. The van der Waals surface area contributed by atoms with Gasteiger partial charge in [-0.3, -0.25) is 0 Å². The molecule has 1 atom stereocenters. The average Bonchev–Trinajstić information content (AvgIpc) is 2.92. The second-order valence-electron chi connectivity index (χ2n) is 5.91. The Kier molecular flexibility index (Phi) is 3.74. The van der Waals surface area contributed by atoms with Gasteiger partial charge in [0.15, 0.2) is 0 Å². The lowest BCUT2D eigenvalue weighted by Crippen LogP contribution is -2.44. The largest absolute Gasteiger partial charge is 0.453 e. The summed E-state index contributed by atoms with van der Waals surface area (Å²) < 4.78 is 13.2. The molecule has 0 saturated heterocycles. The first-order valence-corrected chi connectivity index (χ1v) is 7.45. The van der Waals surface area contributed by atoms with Crippen molar-refractivity contribution >= 4 is 5.97 Å². The van der Waals surface area contributed by atoms with Crippen LogP contribution in [0, 0.1) is 0 Å². The van der Waals surface area contributed by atoms with Crippen molar-refractivity contribution in [3.05, 3.63) is 53.6 Å². The van der Waals surface area contributed by atoms with E-state index in [1.807, 2.05) is 43.5 Å². The molecule has 2 aromatic rings. The molecule has 0 N–H and O–H groups in total. The third kappa shape index (κ3) is 2.41. The Hall–Kier alpha value is -2.14. The molecule has 3 rings (SSSR count). The second kappa shape index (κ2) is 5.57. The zero-order chi connectivity index (χ0) is 15.7. The van der Waals surface area contributed by atoms with Crippen LogP contribution in [-0.4, -0.2) is 27.7 Å². The van der Waals surface area contributed by atoms with Crippen LogP contribution in [0.1, 0.15) is 48.4 Å². The molecular weight excluding hydrogens is 280 g/mol. The molecule has 0 radical (unpaired) electrons. The van der Waals surface area contributed by atoms with Crippen LogP contribution < -0.4 is 0 Å². The highest BCUT2D eigenvalue weighted by molar-refractivity contribution is 5.93. The van der Waals surface area contributed by atoms with Crippen LogP contribution in [0.5, 0.6) is 0 Å². The summed E-state index contributed by atoms with van der Waals surface area (Å²) in [4.78, 5) is 16.5. The van der Waals surface area contributed by atoms with Crippen molar-refractivity contribution in [3.8, 4) is 0 Å². The monoisotopic (exact) mass is 300 g/mol. The molecule has 0 fully saturated rings. The molecule has 116 valence electrons. The summed E-state index contributed by atoms with van der Waals surface area (Å²) in [6.45, 7) is 6.94. The van der Waals surface area contributed by atoms with Gasteiger partial charge >= 0.3 is 5.97 Å². The van der Waals surface area contributed by atoms with Gasteiger partial charge in [0.2, 0.25) is 0 Å². The molecule has 1 aliphatic rings. The molecule has 0 bridgehead atoms. The van der Waals surface area contributed by atoms with Crippen LogP contribution in [-0.2, 0) is 16.1 Å². The Morgan fingerprint density at radius 2 is 2.14 bits per heavy atom. The molecule has 1 aromatic heterocycles. The van der Waals surface area contributed by atoms with E-state index in [0.29, 0.717) is 18.8 Å². The van der Waals surface area contributed by atoms with Crippen molar-refractivity contribution in [2.75, 3.05) is 6.61 Å². The minimum absolute atomic E-state index is 0.126. The maximum atomic E-state index is 12.2. The number of aromatic nitrogens is 2. The highest BCUT2D eigenvalue weighted by Gasteiger charge is 2.43. The van der Waals surface area contributed by atoms with E-state index in [9.17, 15) is 4.79 Å². The summed E-state index contributed by atoms with van der Waals surface area (Å²) in [6, 6.07) is 7.45. The molecule has 0 amide bonds. The summed E-state index contributed by atoms with van der Waals surface area (Å²) in [5.41, 5.74) is 1.88. The van der Waals surface area contributed by atoms with Gasteiger partial charge in [-0.2, -0.15) is 0 Å². The van der Waals surface area contributed by atoms with Gasteiger partial charge in [-0.25, -0.2) is 9.78 Å². The van der Waals surface area contributed by atoms with Gasteiger partial charge in [0.05, 0.1) is 36.4 Å². The Labute approximate surface area is 129 Å². The summed E-state index contributed by atoms with van der Waals surface area (Å²) in [7, 11) is 0. The fourth-order valence-corrected chi connectivity index (χ4v) is 3.01.